The van der Waals surface area contributed by atoms with Crippen molar-refractivity contribution in [3.8, 4) is 0 Å². The first kappa shape index (κ1) is 14.5. The number of nitrogen functional groups attached to an aromatic ring is 1. The van der Waals surface area contributed by atoms with E-state index in [1.807, 2.05) is 56.3 Å². The Morgan fingerprint density at radius 1 is 1.15 bits per heavy atom. The van der Waals surface area contributed by atoms with Gasteiger partial charge in [0.15, 0.2) is 0 Å². The largest absolute Gasteiger partial charge is 0.398 e. The van der Waals surface area contributed by atoms with Gasteiger partial charge in [0.2, 0.25) is 5.91 Å². The molecular weight excluding hydrogens is 268 g/mol. The summed E-state index contributed by atoms with van der Waals surface area (Å²) in [6.07, 6.45) is 0. The molecule has 0 bridgehead atoms. The lowest BCUT2D eigenvalue weighted by Crippen LogP contribution is -2.14. The molecule has 20 heavy (non-hydrogen) atoms. The molecule has 4 heteroatoms. The summed E-state index contributed by atoms with van der Waals surface area (Å²) < 4.78 is 0. The lowest BCUT2D eigenvalue weighted by Gasteiger charge is -2.08. The molecule has 0 saturated heterocycles. The number of rotatable bonds is 4. The standard InChI is InChI=1S/C16H18N2OS/c1-11-4-3-5-13(8-11)18-16(19)10-20-15-9-12(2)6-7-14(15)17/h3-9H,10,17H2,1-2H3,(H,18,19). The van der Waals surface area contributed by atoms with Gasteiger partial charge in [-0.05, 0) is 49.2 Å². The van der Waals surface area contributed by atoms with Crippen LogP contribution in [-0.4, -0.2) is 11.7 Å². The lowest BCUT2D eigenvalue weighted by atomic mass is 10.2. The molecular formula is C16H18N2OS. The Bertz CT molecular complexity index is 626. The molecule has 0 aliphatic rings. The number of nitrogens with two attached hydrogens (primary N) is 1. The Labute approximate surface area is 123 Å². The number of benzene rings is 2. The van der Waals surface area contributed by atoms with Crippen LogP contribution in [0.15, 0.2) is 47.4 Å². The molecule has 2 aromatic rings. The monoisotopic (exact) mass is 286 g/mol. The molecule has 0 saturated carbocycles. The summed E-state index contributed by atoms with van der Waals surface area (Å²) in [6, 6.07) is 13.6. The average Bonchev–Trinajstić information content (AvgIpc) is 2.40. The van der Waals surface area contributed by atoms with Gasteiger partial charge in [-0.25, -0.2) is 0 Å². The fourth-order valence-electron chi connectivity index (χ4n) is 1.83. The fraction of sp³-hybridized carbons (Fsp3) is 0.188. The van der Waals surface area contributed by atoms with Gasteiger partial charge in [0.25, 0.3) is 0 Å². The van der Waals surface area contributed by atoms with Crippen LogP contribution < -0.4 is 11.1 Å². The molecule has 0 spiro atoms. The zero-order chi connectivity index (χ0) is 14.5. The molecule has 2 aromatic carbocycles. The number of anilines is 2. The van der Waals surface area contributed by atoms with E-state index in [-0.39, 0.29) is 5.91 Å². The lowest BCUT2D eigenvalue weighted by molar-refractivity contribution is -0.113. The molecule has 3 N–H and O–H groups in total. The van der Waals surface area contributed by atoms with Crippen LogP contribution >= 0.6 is 11.8 Å². The van der Waals surface area contributed by atoms with E-state index in [0.29, 0.717) is 11.4 Å². The molecule has 0 aliphatic carbocycles. The summed E-state index contributed by atoms with van der Waals surface area (Å²) in [5.74, 6) is 0.322. The highest BCUT2D eigenvalue weighted by molar-refractivity contribution is 8.00. The molecule has 0 heterocycles. The first-order chi connectivity index (χ1) is 9.54. The van der Waals surface area contributed by atoms with Gasteiger partial charge in [0.1, 0.15) is 0 Å². The molecule has 0 fully saturated rings. The van der Waals surface area contributed by atoms with Crippen molar-refractivity contribution in [2.45, 2.75) is 18.7 Å². The van der Waals surface area contributed by atoms with Crippen molar-refractivity contribution in [1.82, 2.24) is 0 Å². The number of aryl methyl sites for hydroxylation is 2. The van der Waals surface area contributed by atoms with Crippen molar-refractivity contribution in [2.75, 3.05) is 16.8 Å². The van der Waals surface area contributed by atoms with Crippen LogP contribution in [0.1, 0.15) is 11.1 Å². The Kier molecular flexibility index (Phi) is 4.69. The van der Waals surface area contributed by atoms with Gasteiger partial charge in [-0.3, -0.25) is 4.79 Å². The second-order valence-electron chi connectivity index (χ2n) is 4.75. The Morgan fingerprint density at radius 3 is 2.65 bits per heavy atom. The zero-order valence-electron chi connectivity index (χ0n) is 11.6. The van der Waals surface area contributed by atoms with Crippen LogP contribution in [0, 0.1) is 13.8 Å². The molecule has 0 aliphatic heterocycles. The molecule has 3 nitrogen and oxygen atoms in total. The predicted molar refractivity (Wildman–Crippen MR) is 86.1 cm³/mol. The SMILES string of the molecule is Cc1cccc(NC(=O)CSc2cc(C)ccc2N)c1. The minimum Gasteiger partial charge on any atom is -0.398 e. The highest BCUT2D eigenvalue weighted by Gasteiger charge is 2.06. The number of nitrogens with one attached hydrogen (secondary N) is 1. The van der Waals surface area contributed by atoms with E-state index < -0.39 is 0 Å². The smallest absolute Gasteiger partial charge is 0.234 e. The maximum atomic E-state index is 11.9. The normalized spacial score (nSPS) is 10.3. The summed E-state index contributed by atoms with van der Waals surface area (Å²) >= 11 is 1.46. The van der Waals surface area contributed by atoms with Crippen molar-refractivity contribution in [3.63, 3.8) is 0 Å². The quantitative estimate of drug-likeness (QED) is 0.667. The van der Waals surface area contributed by atoms with Crippen LogP contribution in [0.3, 0.4) is 0 Å². The second-order valence-corrected chi connectivity index (χ2v) is 5.76. The van der Waals surface area contributed by atoms with Crippen molar-refractivity contribution in [2.24, 2.45) is 0 Å². The number of carbonyl (C=O) groups excluding carboxylic acids is 1. The predicted octanol–water partition coefficient (Wildman–Crippen LogP) is 3.62. The van der Waals surface area contributed by atoms with E-state index in [1.165, 1.54) is 11.8 Å². The van der Waals surface area contributed by atoms with Gasteiger partial charge < -0.3 is 11.1 Å². The number of carbonyl (C=O) groups is 1. The third kappa shape index (κ3) is 4.03. The van der Waals surface area contributed by atoms with E-state index in [4.69, 9.17) is 5.73 Å². The summed E-state index contributed by atoms with van der Waals surface area (Å²) in [5.41, 5.74) is 9.70. The van der Waals surface area contributed by atoms with Crippen LogP contribution in [0.4, 0.5) is 11.4 Å². The first-order valence-electron chi connectivity index (χ1n) is 6.40. The van der Waals surface area contributed by atoms with Gasteiger partial charge in [0.05, 0.1) is 5.75 Å². The van der Waals surface area contributed by atoms with Gasteiger partial charge >= 0.3 is 0 Å². The highest BCUT2D eigenvalue weighted by Crippen LogP contribution is 2.26. The molecule has 104 valence electrons. The van der Waals surface area contributed by atoms with Crippen molar-refractivity contribution in [1.29, 1.82) is 0 Å². The van der Waals surface area contributed by atoms with Crippen molar-refractivity contribution in [3.05, 3.63) is 53.6 Å². The van der Waals surface area contributed by atoms with Gasteiger partial charge in [-0.2, -0.15) is 0 Å². The van der Waals surface area contributed by atoms with Crippen LogP contribution in [0.5, 0.6) is 0 Å². The summed E-state index contributed by atoms with van der Waals surface area (Å²) in [4.78, 5) is 12.9. The summed E-state index contributed by atoms with van der Waals surface area (Å²) in [6.45, 7) is 4.01. The maximum absolute atomic E-state index is 11.9. The molecule has 1 amide bonds. The number of thioether (sulfide) groups is 1. The minimum atomic E-state index is -0.0264. The van der Waals surface area contributed by atoms with Gasteiger partial charge in [-0.15, -0.1) is 11.8 Å². The maximum Gasteiger partial charge on any atom is 0.234 e. The van der Waals surface area contributed by atoms with E-state index in [9.17, 15) is 4.79 Å². The minimum absolute atomic E-state index is 0.0264. The first-order valence-corrected chi connectivity index (χ1v) is 7.38. The highest BCUT2D eigenvalue weighted by atomic mass is 32.2. The number of hydrogen-bond donors (Lipinski definition) is 2. The fourth-order valence-corrected chi connectivity index (χ4v) is 2.69. The molecule has 2 rings (SSSR count). The summed E-state index contributed by atoms with van der Waals surface area (Å²) in [7, 11) is 0. The van der Waals surface area contributed by atoms with Gasteiger partial charge in [-0.1, -0.05) is 18.2 Å². The third-order valence-corrected chi connectivity index (χ3v) is 3.90. The van der Waals surface area contributed by atoms with Crippen LogP contribution in [-0.2, 0) is 4.79 Å². The zero-order valence-corrected chi connectivity index (χ0v) is 12.5. The topological polar surface area (TPSA) is 55.1 Å². The van der Waals surface area contributed by atoms with Gasteiger partial charge in [0, 0.05) is 16.3 Å². The van der Waals surface area contributed by atoms with Crippen LogP contribution in [0.25, 0.3) is 0 Å². The number of amides is 1. The third-order valence-electron chi connectivity index (χ3n) is 2.83. The second kappa shape index (κ2) is 6.48. The molecule has 0 unspecified atom stereocenters. The Hall–Kier alpha value is -1.94. The van der Waals surface area contributed by atoms with Crippen molar-refractivity contribution < 1.29 is 4.79 Å². The van der Waals surface area contributed by atoms with Crippen molar-refractivity contribution >= 4 is 29.0 Å². The Balaban J connectivity index is 1.94. The van der Waals surface area contributed by atoms with Crippen LogP contribution in [0.2, 0.25) is 0 Å². The summed E-state index contributed by atoms with van der Waals surface area (Å²) in [5, 5.41) is 2.89. The number of hydrogen-bond acceptors (Lipinski definition) is 3. The van der Waals surface area contributed by atoms with E-state index >= 15 is 0 Å². The average molecular weight is 286 g/mol. The Morgan fingerprint density at radius 2 is 1.90 bits per heavy atom. The van der Waals surface area contributed by atoms with E-state index in [1.54, 1.807) is 0 Å². The van der Waals surface area contributed by atoms with E-state index in [0.717, 1.165) is 21.7 Å². The van der Waals surface area contributed by atoms with E-state index in [2.05, 4.69) is 5.32 Å². The molecule has 0 atom stereocenters. The molecule has 0 aromatic heterocycles. The molecule has 0 radical (unpaired) electrons.